The van der Waals surface area contributed by atoms with Gasteiger partial charge in [0.2, 0.25) is 11.8 Å². The topological polar surface area (TPSA) is 105 Å². The van der Waals surface area contributed by atoms with Gasteiger partial charge in [-0.2, -0.15) is 0 Å². The van der Waals surface area contributed by atoms with Crippen molar-refractivity contribution >= 4 is 50.7 Å². The predicted molar refractivity (Wildman–Crippen MR) is 179 cm³/mol. The van der Waals surface area contributed by atoms with Crippen molar-refractivity contribution in [3.8, 4) is 11.5 Å². The molecule has 0 saturated carbocycles. The summed E-state index contributed by atoms with van der Waals surface area (Å²) < 4.78 is 40.4. The van der Waals surface area contributed by atoms with Crippen LogP contribution in [0.5, 0.6) is 11.5 Å². The van der Waals surface area contributed by atoms with E-state index >= 15 is 0 Å². The molecule has 12 heteroatoms. The highest BCUT2D eigenvalue weighted by Gasteiger charge is 2.34. The number of hydrogen-bond donors (Lipinski definition) is 1. The van der Waals surface area contributed by atoms with Gasteiger partial charge >= 0.3 is 0 Å². The monoisotopic (exact) mass is 677 g/mol. The number of anilines is 1. The van der Waals surface area contributed by atoms with Gasteiger partial charge in [-0.05, 0) is 86.7 Å². The number of carbonyl (C=O) groups excluding carboxylic acids is 2. The summed E-state index contributed by atoms with van der Waals surface area (Å²) in [5.41, 5.74) is 2.49. The third kappa shape index (κ3) is 8.83. The van der Waals surface area contributed by atoms with Crippen LogP contribution >= 0.6 is 23.2 Å². The lowest BCUT2D eigenvalue weighted by Gasteiger charge is -2.34. The highest BCUT2D eigenvalue weighted by molar-refractivity contribution is 7.92. The lowest BCUT2D eigenvalue weighted by molar-refractivity contribution is -0.140. The lowest BCUT2D eigenvalue weighted by Crippen LogP contribution is -2.53. The number of methoxy groups -OCH3 is 2. The van der Waals surface area contributed by atoms with Crippen LogP contribution in [-0.2, 0) is 26.2 Å². The first-order valence-corrected chi connectivity index (χ1v) is 16.8. The molecule has 0 spiro atoms. The average molecular weight is 679 g/mol. The number of hydrogen-bond acceptors (Lipinski definition) is 6. The van der Waals surface area contributed by atoms with Crippen molar-refractivity contribution in [2.45, 2.75) is 71.0 Å². The van der Waals surface area contributed by atoms with Crippen molar-refractivity contribution in [2.24, 2.45) is 0 Å². The number of aryl methyl sites for hydroxylation is 2. The number of ether oxygens (including phenoxy) is 2. The lowest BCUT2D eigenvalue weighted by atomic mass is 10.1. The Kier molecular flexibility index (Phi) is 12.6. The molecule has 0 aromatic heterocycles. The first-order valence-electron chi connectivity index (χ1n) is 14.6. The van der Waals surface area contributed by atoms with Crippen LogP contribution in [0.15, 0.2) is 59.5 Å². The van der Waals surface area contributed by atoms with Gasteiger partial charge in [0, 0.05) is 28.7 Å². The maximum absolute atomic E-state index is 14.4. The zero-order valence-corrected chi connectivity index (χ0v) is 29.0. The summed E-state index contributed by atoms with van der Waals surface area (Å²) in [5, 5.41) is 3.70. The zero-order chi connectivity index (χ0) is 33.5. The number of carbonyl (C=O) groups is 2. The predicted octanol–water partition coefficient (Wildman–Crippen LogP) is 6.54. The highest BCUT2D eigenvalue weighted by atomic mass is 35.5. The fourth-order valence-electron chi connectivity index (χ4n) is 4.92. The van der Waals surface area contributed by atoms with Crippen LogP contribution in [0, 0.1) is 13.8 Å². The second-order valence-corrected chi connectivity index (χ2v) is 13.6. The third-order valence-electron chi connectivity index (χ3n) is 7.46. The first-order chi connectivity index (χ1) is 21.2. The normalized spacial score (nSPS) is 12.6. The van der Waals surface area contributed by atoms with Gasteiger partial charge in [-0.3, -0.25) is 13.9 Å². The van der Waals surface area contributed by atoms with Crippen LogP contribution in [0.25, 0.3) is 0 Å². The number of halogens is 2. The fourth-order valence-corrected chi connectivity index (χ4v) is 6.80. The molecule has 2 amide bonds. The van der Waals surface area contributed by atoms with E-state index in [1.807, 2.05) is 33.8 Å². The number of amides is 2. The molecule has 0 radical (unpaired) electrons. The summed E-state index contributed by atoms with van der Waals surface area (Å²) in [6, 6.07) is 13.4. The number of benzene rings is 3. The molecule has 0 aliphatic rings. The zero-order valence-electron chi connectivity index (χ0n) is 26.7. The molecule has 1 N–H and O–H groups in total. The maximum atomic E-state index is 14.4. The van der Waals surface area contributed by atoms with Gasteiger partial charge in [-0.1, -0.05) is 49.2 Å². The van der Waals surface area contributed by atoms with Crippen molar-refractivity contribution in [2.75, 3.05) is 25.1 Å². The van der Waals surface area contributed by atoms with E-state index in [0.29, 0.717) is 33.5 Å². The molecular formula is C33H41Cl2N3O6S. The number of nitrogens with zero attached hydrogens (tertiary/aromatic N) is 2. The van der Waals surface area contributed by atoms with Crippen LogP contribution < -0.4 is 19.1 Å². The quantitative estimate of drug-likeness (QED) is 0.208. The molecule has 45 heavy (non-hydrogen) atoms. The number of rotatable bonds is 14. The Balaban J connectivity index is 2.16. The van der Waals surface area contributed by atoms with Crippen molar-refractivity contribution in [3.05, 3.63) is 81.3 Å². The Bertz CT molecular complexity index is 1610. The van der Waals surface area contributed by atoms with Crippen LogP contribution in [0.3, 0.4) is 0 Å². The van der Waals surface area contributed by atoms with Gasteiger partial charge in [0.15, 0.2) is 11.5 Å². The van der Waals surface area contributed by atoms with Crippen molar-refractivity contribution < 1.29 is 27.5 Å². The van der Waals surface area contributed by atoms with E-state index in [1.54, 1.807) is 37.3 Å². The molecular weight excluding hydrogens is 637 g/mol. The summed E-state index contributed by atoms with van der Waals surface area (Å²) >= 11 is 12.6. The minimum atomic E-state index is -4.33. The Morgan fingerprint density at radius 3 is 2.09 bits per heavy atom. The fraction of sp³-hybridized carbons (Fsp3) is 0.394. The number of sulfonamides is 1. The summed E-state index contributed by atoms with van der Waals surface area (Å²) in [5.74, 6) is -0.354. The largest absolute Gasteiger partial charge is 0.493 e. The van der Waals surface area contributed by atoms with Crippen LogP contribution in [0.1, 0.15) is 50.3 Å². The van der Waals surface area contributed by atoms with E-state index in [1.165, 1.54) is 37.3 Å². The van der Waals surface area contributed by atoms with E-state index < -0.39 is 28.5 Å². The molecule has 9 nitrogen and oxygen atoms in total. The molecule has 3 aromatic rings. The SMILES string of the molecule is CC[C@H](C(=O)N[C@@H](C)CC)N(Cc1ccc(Cl)cc1Cl)C(=O)CN(c1cc(C)cc(C)c1)S(=O)(=O)c1ccc(OC)c(OC)c1. The summed E-state index contributed by atoms with van der Waals surface area (Å²) in [7, 11) is -1.46. The Labute approximate surface area is 276 Å². The van der Waals surface area contributed by atoms with Crippen LogP contribution in [0.2, 0.25) is 10.0 Å². The van der Waals surface area contributed by atoms with Crippen LogP contribution in [0.4, 0.5) is 5.69 Å². The number of nitrogens with one attached hydrogen (secondary N) is 1. The van der Waals surface area contributed by atoms with Crippen molar-refractivity contribution in [1.82, 2.24) is 10.2 Å². The van der Waals surface area contributed by atoms with E-state index in [9.17, 15) is 18.0 Å². The molecule has 3 rings (SSSR count). The first kappa shape index (κ1) is 36.0. The summed E-state index contributed by atoms with van der Waals surface area (Å²) in [4.78, 5) is 29.1. The van der Waals surface area contributed by atoms with Gasteiger partial charge in [0.25, 0.3) is 10.0 Å². The highest BCUT2D eigenvalue weighted by Crippen LogP contribution is 2.33. The Hall–Kier alpha value is -3.47. The minimum absolute atomic E-state index is 0.0433. The van der Waals surface area contributed by atoms with Gasteiger partial charge < -0.3 is 19.7 Å². The van der Waals surface area contributed by atoms with Gasteiger partial charge in [-0.15, -0.1) is 0 Å². The van der Waals surface area contributed by atoms with Crippen molar-refractivity contribution in [3.63, 3.8) is 0 Å². The van der Waals surface area contributed by atoms with Crippen molar-refractivity contribution in [1.29, 1.82) is 0 Å². The average Bonchev–Trinajstić information content (AvgIpc) is 2.99. The smallest absolute Gasteiger partial charge is 0.264 e. The Morgan fingerprint density at radius 1 is 0.889 bits per heavy atom. The van der Waals surface area contributed by atoms with Gasteiger partial charge in [0.1, 0.15) is 12.6 Å². The van der Waals surface area contributed by atoms with E-state index in [4.69, 9.17) is 32.7 Å². The second-order valence-electron chi connectivity index (χ2n) is 10.9. The molecule has 0 saturated heterocycles. The van der Waals surface area contributed by atoms with Gasteiger partial charge in [0.05, 0.1) is 24.8 Å². The van der Waals surface area contributed by atoms with Gasteiger partial charge in [-0.25, -0.2) is 8.42 Å². The molecule has 0 heterocycles. The second kappa shape index (κ2) is 15.7. The minimum Gasteiger partial charge on any atom is -0.493 e. The molecule has 0 aliphatic heterocycles. The maximum Gasteiger partial charge on any atom is 0.264 e. The standard InChI is InChI=1S/C33H41Cl2N3O6S/c1-8-23(5)36-33(40)29(9-2)37(19-24-10-11-25(34)17-28(24)35)32(39)20-38(26-15-21(3)14-22(4)16-26)45(41,42)27-12-13-30(43-6)31(18-27)44-7/h10-18,23,29H,8-9,19-20H2,1-7H3,(H,36,40)/t23-,29+/m0/s1. The summed E-state index contributed by atoms with van der Waals surface area (Å²) in [6.45, 7) is 8.69. The molecule has 2 atom stereocenters. The molecule has 0 bridgehead atoms. The molecule has 244 valence electrons. The van der Waals surface area contributed by atoms with E-state index in [-0.39, 0.29) is 35.6 Å². The van der Waals surface area contributed by atoms with Crippen LogP contribution in [-0.4, -0.2) is 58.0 Å². The molecule has 3 aromatic carbocycles. The molecule has 0 aliphatic carbocycles. The Morgan fingerprint density at radius 2 is 1.53 bits per heavy atom. The molecule has 0 fully saturated rings. The molecule has 0 unspecified atom stereocenters. The summed E-state index contributed by atoms with van der Waals surface area (Å²) in [6.07, 6.45) is 0.981. The van der Waals surface area contributed by atoms with E-state index in [2.05, 4.69) is 5.32 Å². The van der Waals surface area contributed by atoms with E-state index in [0.717, 1.165) is 15.4 Å². The third-order valence-corrected chi connectivity index (χ3v) is 9.82.